The molecule has 0 heterocycles. The molecule has 16 heavy (non-hydrogen) atoms. The Labute approximate surface area is 96.6 Å². The van der Waals surface area contributed by atoms with Crippen LogP contribution in [0.15, 0.2) is 18.2 Å². The van der Waals surface area contributed by atoms with Crippen LogP contribution in [-0.2, 0) is 17.6 Å². The van der Waals surface area contributed by atoms with Crippen molar-refractivity contribution in [2.75, 3.05) is 0 Å². The Hall–Kier alpha value is -1.31. The fraction of sp³-hybridized carbons (Fsp3) is 0.500. The highest BCUT2D eigenvalue weighted by atomic mass is 16.5. The maximum atomic E-state index is 11.5. The molecule has 0 aromatic heterocycles. The Morgan fingerprint density at radius 2 is 1.88 bits per heavy atom. The number of benzene rings is 1. The van der Waals surface area contributed by atoms with Crippen LogP contribution >= 0.6 is 0 Å². The zero-order valence-electron chi connectivity index (χ0n) is 9.95. The van der Waals surface area contributed by atoms with Crippen molar-refractivity contribution in [3.8, 4) is 5.75 Å². The lowest BCUT2D eigenvalue weighted by Crippen LogP contribution is -2.15. The van der Waals surface area contributed by atoms with E-state index in [1.807, 2.05) is 26.0 Å². The van der Waals surface area contributed by atoms with Crippen LogP contribution < -0.4 is 4.74 Å². The third kappa shape index (κ3) is 2.43. The Kier molecular flexibility index (Phi) is 3.28. The third-order valence-electron chi connectivity index (χ3n) is 3.01. The van der Waals surface area contributed by atoms with Gasteiger partial charge in [-0.2, -0.15) is 0 Å². The molecule has 0 saturated carbocycles. The second-order valence-electron chi connectivity index (χ2n) is 4.71. The third-order valence-corrected chi connectivity index (χ3v) is 3.01. The number of carbonyl (C=O) groups is 1. The van der Waals surface area contributed by atoms with E-state index in [0.717, 1.165) is 12.8 Å². The lowest BCUT2D eigenvalue weighted by atomic mass is 9.92. The molecule has 0 spiro atoms. The summed E-state index contributed by atoms with van der Waals surface area (Å²) in [6.45, 7) is 3.70. The van der Waals surface area contributed by atoms with Crippen LogP contribution in [-0.4, -0.2) is 5.97 Å². The molecule has 1 aliphatic rings. The van der Waals surface area contributed by atoms with Gasteiger partial charge in [0.2, 0.25) is 0 Å². The average Bonchev–Trinajstić information content (AvgIpc) is 2.28. The number of fused-ring (bicyclic) bond motifs is 1. The summed E-state index contributed by atoms with van der Waals surface area (Å²) in [6, 6.07) is 6.02. The molecule has 0 unspecified atom stereocenters. The summed E-state index contributed by atoms with van der Waals surface area (Å²) in [5.41, 5.74) is 2.76. The molecule has 0 amide bonds. The fourth-order valence-corrected chi connectivity index (χ4v) is 2.01. The van der Waals surface area contributed by atoms with Gasteiger partial charge in [0.25, 0.3) is 0 Å². The second kappa shape index (κ2) is 4.69. The Balaban J connectivity index is 2.14. The zero-order valence-corrected chi connectivity index (χ0v) is 9.95. The highest BCUT2D eigenvalue weighted by molar-refractivity contribution is 5.74. The first kappa shape index (κ1) is 11.2. The van der Waals surface area contributed by atoms with Gasteiger partial charge in [-0.25, -0.2) is 0 Å². The monoisotopic (exact) mass is 218 g/mol. The molecule has 0 aliphatic heterocycles. The summed E-state index contributed by atoms with van der Waals surface area (Å²) in [7, 11) is 0. The molecule has 2 rings (SSSR count). The van der Waals surface area contributed by atoms with Crippen LogP contribution in [0.3, 0.4) is 0 Å². The van der Waals surface area contributed by atoms with Crippen molar-refractivity contribution in [1.29, 1.82) is 0 Å². The van der Waals surface area contributed by atoms with Gasteiger partial charge in [-0.05, 0) is 48.9 Å². The van der Waals surface area contributed by atoms with Gasteiger partial charge in [-0.3, -0.25) is 4.79 Å². The molecule has 0 saturated heterocycles. The number of carbonyl (C=O) groups excluding carboxylic acids is 1. The summed E-state index contributed by atoms with van der Waals surface area (Å²) < 4.78 is 5.30. The maximum Gasteiger partial charge on any atom is 0.313 e. The van der Waals surface area contributed by atoms with Crippen molar-refractivity contribution in [3.05, 3.63) is 29.3 Å². The first-order chi connectivity index (χ1) is 7.66. The lowest BCUT2D eigenvalue weighted by molar-refractivity contribution is -0.137. The van der Waals surface area contributed by atoms with E-state index in [1.165, 1.54) is 24.0 Å². The molecule has 0 N–H and O–H groups in total. The molecule has 1 aliphatic carbocycles. The molecule has 1 aromatic carbocycles. The summed E-state index contributed by atoms with van der Waals surface area (Å²) in [5, 5.41) is 0. The maximum absolute atomic E-state index is 11.5. The normalized spacial score (nSPS) is 14.7. The van der Waals surface area contributed by atoms with Gasteiger partial charge in [0.1, 0.15) is 5.75 Å². The van der Waals surface area contributed by atoms with Gasteiger partial charge in [-0.1, -0.05) is 19.9 Å². The van der Waals surface area contributed by atoms with E-state index < -0.39 is 0 Å². The SMILES string of the molecule is CC(C)C(=O)Oc1ccc2c(c1)CCCC2. The summed E-state index contributed by atoms with van der Waals surface area (Å²) >= 11 is 0. The average molecular weight is 218 g/mol. The van der Waals surface area contributed by atoms with E-state index in [4.69, 9.17) is 4.74 Å². The molecule has 0 fully saturated rings. The van der Waals surface area contributed by atoms with Crippen LogP contribution in [0.2, 0.25) is 0 Å². The number of aryl methyl sites for hydroxylation is 2. The number of hydrogen-bond acceptors (Lipinski definition) is 2. The Morgan fingerprint density at radius 3 is 2.56 bits per heavy atom. The van der Waals surface area contributed by atoms with Gasteiger partial charge in [0, 0.05) is 0 Å². The first-order valence-corrected chi connectivity index (χ1v) is 6.00. The minimum atomic E-state index is -0.157. The van der Waals surface area contributed by atoms with E-state index in [-0.39, 0.29) is 11.9 Å². The smallest absolute Gasteiger partial charge is 0.313 e. The number of ether oxygens (including phenoxy) is 1. The van der Waals surface area contributed by atoms with E-state index in [0.29, 0.717) is 5.75 Å². The standard InChI is InChI=1S/C14H18O2/c1-10(2)14(15)16-13-8-7-11-5-3-4-6-12(11)9-13/h7-10H,3-6H2,1-2H3. The predicted molar refractivity (Wildman–Crippen MR) is 63.6 cm³/mol. The van der Waals surface area contributed by atoms with Crippen LogP contribution in [0.25, 0.3) is 0 Å². The quantitative estimate of drug-likeness (QED) is 0.563. The highest BCUT2D eigenvalue weighted by Crippen LogP contribution is 2.25. The Morgan fingerprint density at radius 1 is 1.19 bits per heavy atom. The Bertz CT molecular complexity index is 394. The second-order valence-corrected chi connectivity index (χ2v) is 4.71. The minimum absolute atomic E-state index is 0.0731. The van der Waals surface area contributed by atoms with Crippen molar-refractivity contribution >= 4 is 5.97 Å². The van der Waals surface area contributed by atoms with Crippen molar-refractivity contribution in [2.24, 2.45) is 5.92 Å². The van der Waals surface area contributed by atoms with E-state index in [1.54, 1.807) is 0 Å². The fourth-order valence-electron chi connectivity index (χ4n) is 2.01. The molecule has 1 aromatic rings. The van der Waals surface area contributed by atoms with Crippen LogP contribution in [0, 0.1) is 5.92 Å². The molecular weight excluding hydrogens is 200 g/mol. The van der Waals surface area contributed by atoms with Crippen molar-refractivity contribution in [2.45, 2.75) is 39.5 Å². The van der Waals surface area contributed by atoms with Crippen molar-refractivity contribution in [3.63, 3.8) is 0 Å². The molecule has 0 bridgehead atoms. The van der Waals surface area contributed by atoms with E-state index in [9.17, 15) is 4.79 Å². The largest absolute Gasteiger partial charge is 0.426 e. The number of hydrogen-bond donors (Lipinski definition) is 0. The van der Waals surface area contributed by atoms with Crippen molar-refractivity contribution in [1.82, 2.24) is 0 Å². The number of esters is 1. The highest BCUT2D eigenvalue weighted by Gasteiger charge is 2.13. The van der Waals surface area contributed by atoms with E-state index >= 15 is 0 Å². The molecule has 0 atom stereocenters. The molecule has 2 nitrogen and oxygen atoms in total. The first-order valence-electron chi connectivity index (χ1n) is 6.00. The van der Waals surface area contributed by atoms with Crippen LogP contribution in [0.5, 0.6) is 5.75 Å². The summed E-state index contributed by atoms with van der Waals surface area (Å²) in [5.74, 6) is 0.464. The van der Waals surface area contributed by atoms with Crippen LogP contribution in [0.4, 0.5) is 0 Å². The molecular formula is C14H18O2. The van der Waals surface area contributed by atoms with Crippen LogP contribution in [0.1, 0.15) is 37.8 Å². The summed E-state index contributed by atoms with van der Waals surface area (Å²) in [6.07, 6.45) is 4.79. The predicted octanol–water partition coefficient (Wildman–Crippen LogP) is 3.13. The van der Waals surface area contributed by atoms with Crippen molar-refractivity contribution < 1.29 is 9.53 Å². The molecule has 2 heteroatoms. The van der Waals surface area contributed by atoms with Gasteiger partial charge in [-0.15, -0.1) is 0 Å². The molecule has 0 radical (unpaired) electrons. The number of rotatable bonds is 2. The van der Waals surface area contributed by atoms with Gasteiger partial charge >= 0.3 is 5.97 Å². The zero-order chi connectivity index (χ0) is 11.5. The summed E-state index contributed by atoms with van der Waals surface area (Å²) in [4.78, 5) is 11.5. The lowest BCUT2D eigenvalue weighted by Gasteiger charge is -2.16. The van der Waals surface area contributed by atoms with E-state index in [2.05, 4.69) is 6.07 Å². The topological polar surface area (TPSA) is 26.3 Å². The molecule has 86 valence electrons. The minimum Gasteiger partial charge on any atom is -0.426 e. The van der Waals surface area contributed by atoms with Gasteiger partial charge in [0.15, 0.2) is 0 Å². The van der Waals surface area contributed by atoms with Gasteiger partial charge in [0.05, 0.1) is 5.92 Å². The van der Waals surface area contributed by atoms with Gasteiger partial charge < -0.3 is 4.74 Å².